The van der Waals surface area contributed by atoms with Crippen molar-refractivity contribution in [3.8, 4) is 11.3 Å². The minimum atomic E-state index is -0.180. The second-order valence-corrected chi connectivity index (χ2v) is 6.44. The second-order valence-electron chi connectivity index (χ2n) is 4.36. The Labute approximate surface area is 127 Å². The maximum atomic E-state index is 11.6. The molecule has 2 aromatic rings. The van der Waals surface area contributed by atoms with Crippen LogP contribution in [0, 0.1) is 0 Å². The normalized spacial score (nSPS) is 12.1. The first-order valence-corrected chi connectivity index (χ1v) is 8.38. The Morgan fingerprint density at radius 2 is 2.15 bits per heavy atom. The van der Waals surface area contributed by atoms with Crippen LogP contribution in [0.1, 0.15) is 20.3 Å². The lowest BCUT2D eigenvalue weighted by molar-refractivity contribution is -0.144. The Morgan fingerprint density at radius 1 is 1.40 bits per heavy atom. The van der Waals surface area contributed by atoms with Crippen LogP contribution in [0.5, 0.6) is 0 Å². The SMILES string of the molecule is CCC(C)OC(=O)CSc1nc(-c2ccccc2)cs1. The van der Waals surface area contributed by atoms with Gasteiger partial charge >= 0.3 is 5.97 Å². The molecule has 0 saturated carbocycles. The van der Waals surface area contributed by atoms with Crippen molar-refractivity contribution in [3.63, 3.8) is 0 Å². The van der Waals surface area contributed by atoms with Gasteiger partial charge in [-0.2, -0.15) is 0 Å². The van der Waals surface area contributed by atoms with Gasteiger partial charge in [-0.3, -0.25) is 4.79 Å². The Kier molecular flexibility index (Phi) is 5.61. The molecule has 1 aromatic heterocycles. The molecule has 0 N–H and O–H groups in total. The van der Waals surface area contributed by atoms with Gasteiger partial charge in [0, 0.05) is 10.9 Å². The molecule has 0 bridgehead atoms. The van der Waals surface area contributed by atoms with E-state index in [2.05, 4.69) is 4.98 Å². The molecule has 0 fully saturated rings. The summed E-state index contributed by atoms with van der Waals surface area (Å²) in [6, 6.07) is 10.0. The molecule has 0 aliphatic rings. The van der Waals surface area contributed by atoms with Gasteiger partial charge in [-0.1, -0.05) is 49.0 Å². The number of aromatic nitrogens is 1. The van der Waals surface area contributed by atoms with Crippen molar-refractivity contribution in [1.82, 2.24) is 4.98 Å². The van der Waals surface area contributed by atoms with Crippen molar-refractivity contribution in [2.45, 2.75) is 30.7 Å². The molecule has 2 rings (SSSR count). The molecule has 1 unspecified atom stereocenters. The zero-order valence-corrected chi connectivity index (χ0v) is 13.2. The summed E-state index contributed by atoms with van der Waals surface area (Å²) in [6.45, 7) is 3.90. The van der Waals surface area contributed by atoms with Crippen LogP contribution in [0.4, 0.5) is 0 Å². The molecule has 1 atom stereocenters. The van der Waals surface area contributed by atoms with Crippen LogP contribution in [-0.4, -0.2) is 22.8 Å². The summed E-state index contributed by atoms with van der Waals surface area (Å²) in [4.78, 5) is 16.1. The summed E-state index contributed by atoms with van der Waals surface area (Å²) in [6.07, 6.45) is 0.825. The minimum Gasteiger partial charge on any atom is -0.462 e. The van der Waals surface area contributed by atoms with Crippen molar-refractivity contribution >= 4 is 29.1 Å². The lowest BCUT2D eigenvalue weighted by atomic mass is 10.2. The van der Waals surface area contributed by atoms with Crippen molar-refractivity contribution < 1.29 is 9.53 Å². The number of hydrogen-bond acceptors (Lipinski definition) is 5. The second kappa shape index (κ2) is 7.45. The van der Waals surface area contributed by atoms with E-state index in [9.17, 15) is 4.79 Å². The number of carbonyl (C=O) groups excluding carboxylic acids is 1. The van der Waals surface area contributed by atoms with Gasteiger partial charge < -0.3 is 4.74 Å². The van der Waals surface area contributed by atoms with Gasteiger partial charge in [0.2, 0.25) is 0 Å². The third-order valence-electron chi connectivity index (χ3n) is 2.77. The molecule has 0 saturated heterocycles. The Hall–Kier alpha value is -1.33. The Morgan fingerprint density at radius 3 is 2.85 bits per heavy atom. The van der Waals surface area contributed by atoms with E-state index < -0.39 is 0 Å². The zero-order valence-electron chi connectivity index (χ0n) is 11.5. The first-order chi connectivity index (χ1) is 9.69. The van der Waals surface area contributed by atoms with E-state index in [0.717, 1.165) is 22.0 Å². The van der Waals surface area contributed by atoms with E-state index in [1.54, 1.807) is 11.3 Å². The maximum absolute atomic E-state index is 11.6. The van der Waals surface area contributed by atoms with Crippen LogP contribution in [0.25, 0.3) is 11.3 Å². The summed E-state index contributed by atoms with van der Waals surface area (Å²) in [5.74, 6) is 0.132. The zero-order chi connectivity index (χ0) is 14.4. The number of esters is 1. The molecule has 5 heteroatoms. The molecule has 0 aliphatic heterocycles. The van der Waals surface area contributed by atoms with Gasteiger partial charge in [-0.05, 0) is 13.3 Å². The number of nitrogens with zero attached hydrogens (tertiary/aromatic N) is 1. The molecular formula is C15H17NO2S2. The highest BCUT2D eigenvalue weighted by Crippen LogP contribution is 2.28. The van der Waals surface area contributed by atoms with Crippen LogP contribution in [0.15, 0.2) is 40.1 Å². The summed E-state index contributed by atoms with van der Waals surface area (Å²) >= 11 is 2.98. The topological polar surface area (TPSA) is 39.2 Å². The average molecular weight is 307 g/mol. The molecule has 20 heavy (non-hydrogen) atoms. The third-order valence-corrected chi connectivity index (χ3v) is 4.77. The molecule has 1 aromatic carbocycles. The van der Waals surface area contributed by atoms with Crippen LogP contribution in [0.3, 0.4) is 0 Å². The number of thiazole rings is 1. The Balaban J connectivity index is 1.89. The standard InChI is InChI=1S/C15H17NO2S2/c1-3-11(2)18-14(17)10-20-15-16-13(9-19-15)12-7-5-4-6-8-12/h4-9,11H,3,10H2,1-2H3. The molecule has 0 amide bonds. The van der Waals surface area contributed by atoms with E-state index >= 15 is 0 Å². The first kappa shape index (κ1) is 15.1. The summed E-state index contributed by atoms with van der Waals surface area (Å²) in [7, 11) is 0. The van der Waals surface area contributed by atoms with Gasteiger partial charge in [0.15, 0.2) is 4.34 Å². The van der Waals surface area contributed by atoms with Gasteiger partial charge in [0.05, 0.1) is 17.6 Å². The predicted molar refractivity (Wildman–Crippen MR) is 84.1 cm³/mol. The molecule has 0 radical (unpaired) electrons. The highest BCUT2D eigenvalue weighted by atomic mass is 32.2. The van der Waals surface area contributed by atoms with E-state index in [0.29, 0.717) is 5.75 Å². The van der Waals surface area contributed by atoms with E-state index in [1.807, 2.05) is 49.6 Å². The minimum absolute atomic E-state index is 0.0146. The van der Waals surface area contributed by atoms with Crippen LogP contribution in [0.2, 0.25) is 0 Å². The number of benzene rings is 1. The largest absolute Gasteiger partial charge is 0.462 e. The number of carbonyl (C=O) groups is 1. The molecule has 106 valence electrons. The summed E-state index contributed by atoms with van der Waals surface area (Å²) in [5, 5.41) is 2.01. The predicted octanol–water partition coefficient (Wildman–Crippen LogP) is 4.24. The smallest absolute Gasteiger partial charge is 0.316 e. The highest BCUT2D eigenvalue weighted by molar-refractivity contribution is 8.01. The fraction of sp³-hybridized carbons (Fsp3) is 0.333. The fourth-order valence-corrected chi connectivity index (χ4v) is 3.15. The molecule has 3 nitrogen and oxygen atoms in total. The third kappa shape index (κ3) is 4.35. The lowest BCUT2D eigenvalue weighted by Crippen LogP contribution is -2.15. The lowest BCUT2D eigenvalue weighted by Gasteiger charge is -2.09. The number of ether oxygens (including phenoxy) is 1. The van der Waals surface area contributed by atoms with E-state index in [4.69, 9.17) is 4.74 Å². The average Bonchev–Trinajstić information content (AvgIpc) is 2.95. The molecule has 0 spiro atoms. The maximum Gasteiger partial charge on any atom is 0.316 e. The van der Waals surface area contributed by atoms with E-state index in [1.165, 1.54) is 11.8 Å². The highest BCUT2D eigenvalue weighted by Gasteiger charge is 2.10. The van der Waals surface area contributed by atoms with Crippen molar-refractivity contribution in [1.29, 1.82) is 0 Å². The summed E-state index contributed by atoms with van der Waals surface area (Å²) in [5.41, 5.74) is 2.05. The van der Waals surface area contributed by atoms with Crippen molar-refractivity contribution in [3.05, 3.63) is 35.7 Å². The number of thioether (sulfide) groups is 1. The van der Waals surface area contributed by atoms with E-state index in [-0.39, 0.29) is 12.1 Å². The van der Waals surface area contributed by atoms with Crippen LogP contribution in [-0.2, 0) is 9.53 Å². The van der Waals surface area contributed by atoms with Crippen LogP contribution >= 0.6 is 23.1 Å². The van der Waals surface area contributed by atoms with Gasteiger partial charge in [-0.15, -0.1) is 11.3 Å². The monoisotopic (exact) mass is 307 g/mol. The fourth-order valence-electron chi connectivity index (χ4n) is 1.53. The van der Waals surface area contributed by atoms with Crippen molar-refractivity contribution in [2.75, 3.05) is 5.75 Å². The van der Waals surface area contributed by atoms with Gasteiger partial charge in [0.1, 0.15) is 0 Å². The van der Waals surface area contributed by atoms with Gasteiger partial charge in [0.25, 0.3) is 0 Å². The number of hydrogen-bond donors (Lipinski definition) is 0. The molecular weight excluding hydrogens is 290 g/mol. The summed E-state index contributed by atoms with van der Waals surface area (Å²) < 4.78 is 6.12. The Bertz CT molecular complexity index is 554. The van der Waals surface area contributed by atoms with Crippen LogP contribution < -0.4 is 0 Å². The first-order valence-electron chi connectivity index (χ1n) is 6.52. The molecule has 0 aliphatic carbocycles. The molecule has 1 heterocycles. The van der Waals surface area contributed by atoms with Crippen molar-refractivity contribution in [2.24, 2.45) is 0 Å². The quantitative estimate of drug-likeness (QED) is 0.591. The van der Waals surface area contributed by atoms with Gasteiger partial charge in [-0.25, -0.2) is 4.98 Å². The number of rotatable bonds is 6.